The van der Waals surface area contributed by atoms with E-state index in [2.05, 4.69) is 15.1 Å². The Morgan fingerprint density at radius 2 is 1.74 bits per heavy atom. The highest BCUT2D eigenvalue weighted by Crippen LogP contribution is 2.29. The standard InChI is InChI=1S/C24H23N5O2/c1-15(2)21-11-23(31)29-24(27-21)20(14-26-29)18-10-17(12-25-13-18)16-5-7-19(8-6-16)28-9-3-4-22(28)30/h5-8,10-15,27H,3-4,9H2,1-2H3. The van der Waals surface area contributed by atoms with Gasteiger partial charge in [0.1, 0.15) is 5.65 Å². The van der Waals surface area contributed by atoms with Gasteiger partial charge in [-0.05, 0) is 36.1 Å². The fourth-order valence-corrected chi connectivity index (χ4v) is 4.03. The van der Waals surface area contributed by atoms with Crippen molar-refractivity contribution in [3.8, 4) is 22.3 Å². The molecule has 156 valence electrons. The summed E-state index contributed by atoms with van der Waals surface area (Å²) in [5.41, 5.74) is 5.98. The molecule has 4 aromatic rings. The summed E-state index contributed by atoms with van der Waals surface area (Å²) in [4.78, 5) is 34.0. The second kappa shape index (κ2) is 7.50. The largest absolute Gasteiger partial charge is 0.343 e. The van der Waals surface area contributed by atoms with Gasteiger partial charge < -0.3 is 9.88 Å². The Labute approximate surface area is 179 Å². The van der Waals surface area contributed by atoms with Gasteiger partial charge in [-0.3, -0.25) is 14.6 Å². The summed E-state index contributed by atoms with van der Waals surface area (Å²) >= 11 is 0. The van der Waals surface area contributed by atoms with Crippen LogP contribution in [-0.2, 0) is 4.79 Å². The zero-order valence-electron chi connectivity index (χ0n) is 17.5. The van der Waals surface area contributed by atoms with Crippen LogP contribution < -0.4 is 10.5 Å². The average Bonchev–Trinajstić information content (AvgIpc) is 3.40. The van der Waals surface area contributed by atoms with Gasteiger partial charge in [0.25, 0.3) is 5.56 Å². The minimum atomic E-state index is -0.153. The smallest absolute Gasteiger partial charge is 0.274 e. The van der Waals surface area contributed by atoms with E-state index in [0.717, 1.165) is 46.6 Å². The van der Waals surface area contributed by atoms with Crippen LogP contribution in [0.25, 0.3) is 27.9 Å². The van der Waals surface area contributed by atoms with Gasteiger partial charge in [0.05, 0.1) is 6.20 Å². The first-order valence-electron chi connectivity index (χ1n) is 10.5. The van der Waals surface area contributed by atoms with E-state index in [1.54, 1.807) is 18.5 Å². The predicted octanol–water partition coefficient (Wildman–Crippen LogP) is 4.00. The topological polar surface area (TPSA) is 83.4 Å². The molecule has 1 aliphatic heterocycles. The molecule has 4 heterocycles. The second-order valence-corrected chi connectivity index (χ2v) is 8.19. The third-order valence-electron chi connectivity index (χ3n) is 5.78. The maximum absolute atomic E-state index is 12.4. The van der Waals surface area contributed by atoms with Crippen molar-refractivity contribution in [2.45, 2.75) is 32.6 Å². The lowest BCUT2D eigenvalue weighted by molar-refractivity contribution is -0.117. The molecule has 5 rings (SSSR count). The summed E-state index contributed by atoms with van der Waals surface area (Å²) in [6, 6.07) is 11.6. The number of nitrogens with one attached hydrogen (secondary N) is 1. The lowest BCUT2D eigenvalue weighted by Gasteiger charge is -2.16. The van der Waals surface area contributed by atoms with Crippen LogP contribution in [0, 0.1) is 0 Å². The van der Waals surface area contributed by atoms with Crippen molar-refractivity contribution < 1.29 is 4.79 Å². The Kier molecular flexibility index (Phi) is 4.66. The predicted molar refractivity (Wildman–Crippen MR) is 120 cm³/mol. The van der Waals surface area contributed by atoms with Gasteiger partial charge in [0.15, 0.2) is 0 Å². The Bertz CT molecular complexity index is 1330. The molecular weight excluding hydrogens is 390 g/mol. The van der Waals surface area contributed by atoms with Crippen LogP contribution in [0.5, 0.6) is 0 Å². The van der Waals surface area contributed by atoms with Crippen molar-refractivity contribution >= 4 is 17.2 Å². The Morgan fingerprint density at radius 1 is 0.968 bits per heavy atom. The van der Waals surface area contributed by atoms with Crippen LogP contribution in [0.4, 0.5) is 5.69 Å². The fourth-order valence-electron chi connectivity index (χ4n) is 4.03. The number of pyridine rings is 1. The van der Waals surface area contributed by atoms with Gasteiger partial charge in [-0.2, -0.15) is 9.61 Å². The van der Waals surface area contributed by atoms with Gasteiger partial charge in [0, 0.05) is 59.5 Å². The molecule has 7 nitrogen and oxygen atoms in total. The maximum Gasteiger partial charge on any atom is 0.274 e. The monoisotopic (exact) mass is 413 g/mol. The van der Waals surface area contributed by atoms with Crippen molar-refractivity contribution in [2.75, 3.05) is 11.4 Å². The zero-order chi connectivity index (χ0) is 21.5. The highest BCUT2D eigenvalue weighted by Gasteiger charge is 2.21. The zero-order valence-corrected chi connectivity index (χ0v) is 17.5. The highest BCUT2D eigenvalue weighted by atomic mass is 16.2. The molecule has 0 spiro atoms. The lowest BCUT2D eigenvalue weighted by atomic mass is 10.0. The van der Waals surface area contributed by atoms with Crippen molar-refractivity contribution in [1.29, 1.82) is 0 Å². The van der Waals surface area contributed by atoms with E-state index in [1.807, 2.05) is 55.3 Å². The van der Waals surface area contributed by atoms with Crippen LogP contribution in [0.1, 0.15) is 38.3 Å². The summed E-state index contributed by atoms with van der Waals surface area (Å²) in [7, 11) is 0. The maximum atomic E-state index is 12.4. The van der Waals surface area contributed by atoms with E-state index in [1.165, 1.54) is 4.52 Å². The molecule has 0 unspecified atom stereocenters. The molecule has 0 aliphatic carbocycles. The summed E-state index contributed by atoms with van der Waals surface area (Å²) in [6.07, 6.45) is 6.81. The van der Waals surface area contributed by atoms with Crippen LogP contribution >= 0.6 is 0 Å². The first-order chi connectivity index (χ1) is 15.0. The van der Waals surface area contributed by atoms with E-state index in [4.69, 9.17) is 0 Å². The number of carbonyl (C=O) groups is 1. The van der Waals surface area contributed by atoms with Crippen molar-refractivity contribution in [3.63, 3.8) is 0 Å². The third kappa shape index (κ3) is 3.42. The number of anilines is 1. The normalized spacial score (nSPS) is 14.2. The minimum absolute atomic E-state index is 0.153. The summed E-state index contributed by atoms with van der Waals surface area (Å²) in [6.45, 7) is 4.86. The first-order valence-corrected chi connectivity index (χ1v) is 10.5. The molecular formula is C24H23N5O2. The van der Waals surface area contributed by atoms with E-state index in [-0.39, 0.29) is 17.4 Å². The summed E-state index contributed by atoms with van der Waals surface area (Å²) in [5, 5.41) is 4.27. The van der Waals surface area contributed by atoms with E-state index in [9.17, 15) is 9.59 Å². The molecule has 1 amide bonds. The second-order valence-electron chi connectivity index (χ2n) is 8.19. The molecule has 3 aromatic heterocycles. The summed E-state index contributed by atoms with van der Waals surface area (Å²) < 4.78 is 1.38. The SMILES string of the molecule is CC(C)c1cc(=O)n2ncc(-c3cncc(-c4ccc(N5CCCC5=O)cc4)c3)c2[nH]1. The van der Waals surface area contributed by atoms with Gasteiger partial charge in [0.2, 0.25) is 5.91 Å². The molecule has 0 radical (unpaired) electrons. The van der Waals surface area contributed by atoms with Crippen molar-refractivity contribution in [1.82, 2.24) is 19.6 Å². The van der Waals surface area contributed by atoms with E-state index in [0.29, 0.717) is 12.1 Å². The van der Waals surface area contributed by atoms with Gasteiger partial charge >= 0.3 is 0 Å². The van der Waals surface area contributed by atoms with Crippen LogP contribution in [0.2, 0.25) is 0 Å². The number of aromatic nitrogens is 4. The Hall–Kier alpha value is -3.74. The molecule has 0 bridgehead atoms. The number of carbonyl (C=O) groups excluding carboxylic acids is 1. The van der Waals surface area contributed by atoms with E-state index >= 15 is 0 Å². The molecule has 1 saturated heterocycles. The number of hydrogen-bond acceptors (Lipinski definition) is 4. The van der Waals surface area contributed by atoms with Gasteiger partial charge in [-0.25, -0.2) is 0 Å². The quantitative estimate of drug-likeness (QED) is 0.548. The van der Waals surface area contributed by atoms with Crippen LogP contribution in [-0.4, -0.2) is 32.0 Å². The number of benzene rings is 1. The summed E-state index contributed by atoms with van der Waals surface area (Å²) in [5.74, 6) is 0.380. The Morgan fingerprint density at radius 3 is 2.45 bits per heavy atom. The molecule has 1 fully saturated rings. The van der Waals surface area contributed by atoms with Gasteiger partial charge in [-0.15, -0.1) is 0 Å². The molecule has 7 heteroatoms. The number of nitrogens with zero attached hydrogens (tertiary/aromatic N) is 4. The number of hydrogen-bond donors (Lipinski definition) is 1. The molecule has 1 aromatic carbocycles. The molecule has 31 heavy (non-hydrogen) atoms. The fraction of sp³-hybridized carbons (Fsp3) is 0.250. The first kappa shape index (κ1) is 19.2. The molecule has 0 saturated carbocycles. The van der Waals surface area contributed by atoms with Gasteiger partial charge in [-0.1, -0.05) is 26.0 Å². The number of rotatable bonds is 4. The average molecular weight is 413 g/mol. The number of fused-ring (bicyclic) bond motifs is 1. The molecule has 1 N–H and O–H groups in total. The van der Waals surface area contributed by atoms with Crippen LogP contribution in [0.15, 0.2) is 59.8 Å². The molecule has 1 aliphatic rings. The van der Waals surface area contributed by atoms with Crippen LogP contribution in [0.3, 0.4) is 0 Å². The molecule has 0 atom stereocenters. The van der Waals surface area contributed by atoms with Crippen molar-refractivity contribution in [2.24, 2.45) is 0 Å². The minimum Gasteiger partial charge on any atom is -0.343 e. The third-order valence-corrected chi connectivity index (χ3v) is 5.78. The highest BCUT2D eigenvalue weighted by molar-refractivity contribution is 5.95. The van der Waals surface area contributed by atoms with E-state index < -0.39 is 0 Å². The van der Waals surface area contributed by atoms with Crippen molar-refractivity contribution in [3.05, 3.63) is 71.0 Å². The Balaban J connectivity index is 1.52. The lowest BCUT2D eigenvalue weighted by Crippen LogP contribution is -2.23. The number of amides is 1. The number of aromatic amines is 1. The number of H-pyrrole nitrogens is 1.